The van der Waals surface area contributed by atoms with Crippen molar-refractivity contribution in [2.45, 2.75) is 26.3 Å². The van der Waals surface area contributed by atoms with Crippen molar-refractivity contribution in [3.63, 3.8) is 0 Å². The second-order valence-electron chi connectivity index (χ2n) is 7.18. The molecule has 0 unspecified atom stereocenters. The zero-order valence-electron chi connectivity index (χ0n) is 15.4. The molecule has 3 aromatic rings. The first-order valence-electron chi connectivity index (χ1n) is 8.78. The van der Waals surface area contributed by atoms with E-state index in [9.17, 15) is 4.79 Å². The molecule has 2 aromatic carbocycles. The molecule has 0 radical (unpaired) electrons. The Labute approximate surface area is 148 Å². The quantitative estimate of drug-likeness (QED) is 0.743. The first-order valence-corrected chi connectivity index (χ1v) is 8.78. The number of nitrogens with zero attached hydrogens (tertiary/aromatic N) is 1. The Hall–Kier alpha value is -2.33. The summed E-state index contributed by atoms with van der Waals surface area (Å²) < 4.78 is 5.67. The summed E-state index contributed by atoms with van der Waals surface area (Å²) in [6, 6.07) is 12.5. The Balaban J connectivity index is 1.79. The smallest absolute Gasteiger partial charge is 0.224 e. The monoisotopic (exact) mass is 338 g/mol. The number of hydrogen-bond acceptors (Lipinski definition) is 3. The molecule has 1 N–H and O–H groups in total. The van der Waals surface area contributed by atoms with Gasteiger partial charge in [0.1, 0.15) is 5.58 Å². The van der Waals surface area contributed by atoms with Crippen LogP contribution in [0.25, 0.3) is 21.7 Å². The molecule has 0 bridgehead atoms. The van der Waals surface area contributed by atoms with Crippen LogP contribution in [-0.4, -0.2) is 37.5 Å². The second kappa shape index (κ2) is 7.28. The molecule has 0 saturated heterocycles. The van der Waals surface area contributed by atoms with E-state index in [1.54, 1.807) is 6.26 Å². The Bertz CT molecular complexity index is 872. The number of furan rings is 1. The fourth-order valence-corrected chi connectivity index (χ4v) is 3.47. The van der Waals surface area contributed by atoms with Crippen molar-refractivity contribution in [3.05, 3.63) is 48.2 Å². The van der Waals surface area contributed by atoms with Crippen molar-refractivity contribution in [1.29, 1.82) is 0 Å². The van der Waals surface area contributed by atoms with Crippen LogP contribution in [-0.2, 0) is 11.2 Å². The molecule has 4 heteroatoms. The van der Waals surface area contributed by atoms with Gasteiger partial charge in [-0.05, 0) is 36.9 Å². The van der Waals surface area contributed by atoms with Crippen LogP contribution >= 0.6 is 0 Å². The van der Waals surface area contributed by atoms with E-state index in [-0.39, 0.29) is 5.91 Å². The van der Waals surface area contributed by atoms with Gasteiger partial charge in [0.25, 0.3) is 0 Å². The van der Waals surface area contributed by atoms with Gasteiger partial charge in [-0.3, -0.25) is 4.79 Å². The summed E-state index contributed by atoms with van der Waals surface area (Å²) in [5.41, 5.74) is 1.77. The first kappa shape index (κ1) is 17.5. The molecule has 1 amide bonds. The number of benzene rings is 2. The first-order chi connectivity index (χ1) is 12.0. The van der Waals surface area contributed by atoms with Gasteiger partial charge in [0.2, 0.25) is 5.91 Å². The van der Waals surface area contributed by atoms with E-state index in [0.717, 1.165) is 27.3 Å². The molecule has 0 fully saturated rings. The van der Waals surface area contributed by atoms with Crippen LogP contribution in [0.5, 0.6) is 0 Å². The van der Waals surface area contributed by atoms with E-state index in [2.05, 4.69) is 42.3 Å². The third-order valence-corrected chi connectivity index (χ3v) is 4.83. The van der Waals surface area contributed by atoms with Crippen molar-refractivity contribution >= 4 is 27.6 Å². The zero-order chi connectivity index (χ0) is 18.0. The highest BCUT2D eigenvalue weighted by Gasteiger charge is 2.18. The molecule has 0 aliphatic rings. The SMILES string of the molecule is CC(C)[C@H](CNC(=O)Cc1coc2ccc3ccccc3c12)N(C)C. The molecule has 4 nitrogen and oxygen atoms in total. The molecule has 1 atom stereocenters. The van der Waals surface area contributed by atoms with Crippen LogP contribution in [0.4, 0.5) is 0 Å². The molecule has 1 heterocycles. The molecule has 0 saturated carbocycles. The number of carbonyl (C=O) groups is 1. The lowest BCUT2D eigenvalue weighted by Gasteiger charge is -2.28. The zero-order valence-corrected chi connectivity index (χ0v) is 15.4. The summed E-state index contributed by atoms with van der Waals surface area (Å²) in [7, 11) is 4.10. The number of nitrogens with one attached hydrogen (secondary N) is 1. The summed E-state index contributed by atoms with van der Waals surface area (Å²) in [6.07, 6.45) is 2.04. The average molecular weight is 338 g/mol. The minimum absolute atomic E-state index is 0.0307. The molecule has 3 rings (SSSR count). The normalized spacial score (nSPS) is 13.0. The second-order valence-corrected chi connectivity index (χ2v) is 7.18. The lowest BCUT2D eigenvalue weighted by Crippen LogP contribution is -2.43. The minimum atomic E-state index is 0.0307. The van der Waals surface area contributed by atoms with Gasteiger partial charge in [-0.1, -0.05) is 44.2 Å². The van der Waals surface area contributed by atoms with E-state index in [1.165, 1.54) is 0 Å². The fourth-order valence-electron chi connectivity index (χ4n) is 3.47. The van der Waals surface area contributed by atoms with Gasteiger partial charge in [-0.15, -0.1) is 0 Å². The molecule has 0 spiro atoms. The largest absolute Gasteiger partial charge is 0.464 e. The molecule has 132 valence electrons. The van der Waals surface area contributed by atoms with Gasteiger partial charge in [-0.2, -0.15) is 0 Å². The maximum absolute atomic E-state index is 12.5. The van der Waals surface area contributed by atoms with Gasteiger partial charge in [0.05, 0.1) is 12.7 Å². The summed E-state index contributed by atoms with van der Waals surface area (Å²) in [4.78, 5) is 14.6. The summed E-state index contributed by atoms with van der Waals surface area (Å²) in [5.74, 6) is 0.511. The van der Waals surface area contributed by atoms with E-state index in [0.29, 0.717) is 24.9 Å². The fraction of sp³-hybridized carbons (Fsp3) is 0.381. The third-order valence-electron chi connectivity index (χ3n) is 4.83. The molecule has 0 aliphatic heterocycles. The standard InChI is InChI=1S/C21H26N2O2/c1-14(2)18(23(3)4)12-22-20(24)11-16-13-25-19-10-9-15-7-5-6-8-17(15)21(16)19/h5-10,13-14,18H,11-12H2,1-4H3,(H,22,24)/t18-/m0/s1. The lowest BCUT2D eigenvalue weighted by atomic mass is 10.0. The molecule has 0 aliphatic carbocycles. The van der Waals surface area contributed by atoms with Gasteiger partial charge in [0.15, 0.2) is 0 Å². The van der Waals surface area contributed by atoms with Crippen molar-refractivity contribution in [1.82, 2.24) is 10.2 Å². The summed E-state index contributed by atoms with van der Waals surface area (Å²) >= 11 is 0. The van der Waals surface area contributed by atoms with E-state index in [1.807, 2.05) is 32.3 Å². The number of hydrogen-bond donors (Lipinski definition) is 1. The number of amides is 1. The highest BCUT2D eigenvalue weighted by atomic mass is 16.3. The van der Waals surface area contributed by atoms with Crippen LogP contribution in [0, 0.1) is 5.92 Å². The molecule has 1 aromatic heterocycles. The topological polar surface area (TPSA) is 45.5 Å². The highest BCUT2D eigenvalue weighted by molar-refractivity contribution is 6.08. The maximum atomic E-state index is 12.5. The van der Waals surface area contributed by atoms with Crippen molar-refractivity contribution in [3.8, 4) is 0 Å². The Morgan fingerprint density at radius 2 is 1.92 bits per heavy atom. The Morgan fingerprint density at radius 3 is 2.64 bits per heavy atom. The van der Waals surface area contributed by atoms with E-state index < -0.39 is 0 Å². The van der Waals surface area contributed by atoms with Crippen molar-refractivity contribution in [2.24, 2.45) is 5.92 Å². The van der Waals surface area contributed by atoms with Gasteiger partial charge < -0.3 is 14.6 Å². The molecule has 25 heavy (non-hydrogen) atoms. The molecular weight excluding hydrogens is 312 g/mol. The van der Waals surface area contributed by atoms with Crippen LogP contribution in [0.2, 0.25) is 0 Å². The van der Waals surface area contributed by atoms with Crippen LogP contribution in [0.15, 0.2) is 47.1 Å². The van der Waals surface area contributed by atoms with Gasteiger partial charge >= 0.3 is 0 Å². The number of carbonyl (C=O) groups excluding carboxylic acids is 1. The van der Waals surface area contributed by atoms with Crippen molar-refractivity contribution < 1.29 is 9.21 Å². The summed E-state index contributed by atoms with van der Waals surface area (Å²) in [6.45, 7) is 5.00. The third kappa shape index (κ3) is 3.69. The summed E-state index contributed by atoms with van der Waals surface area (Å²) in [5, 5.41) is 6.40. The van der Waals surface area contributed by atoms with Gasteiger partial charge in [0, 0.05) is 23.5 Å². The van der Waals surface area contributed by atoms with E-state index in [4.69, 9.17) is 4.42 Å². The Morgan fingerprint density at radius 1 is 1.16 bits per heavy atom. The van der Waals surface area contributed by atoms with E-state index >= 15 is 0 Å². The minimum Gasteiger partial charge on any atom is -0.464 e. The van der Waals surface area contributed by atoms with Gasteiger partial charge in [-0.25, -0.2) is 0 Å². The predicted octanol–water partition coefficient (Wildman–Crippen LogP) is 3.83. The molecular formula is C21H26N2O2. The Kier molecular flexibility index (Phi) is 5.09. The van der Waals surface area contributed by atoms with Crippen LogP contribution in [0.1, 0.15) is 19.4 Å². The predicted molar refractivity (Wildman–Crippen MR) is 103 cm³/mol. The number of fused-ring (bicyclic) bond motifs is 3. The van der Waals surface area contributed by atoms with Crippen molar-refractivity contribution in [2.75, 3.05) is 20.6 Å². The van der Waals surface area contributed by atoms with Crippen LogP contribution < -0.4 is 5.32 Å². The lowest BCUT2D eigenvalue weighted by molar-refractivity contribution is -0.120. The average Bonchev–Trinajstić information content (AvgIpc) is 2.97. The number of rotatable bonds is 6. The number of likely N-dealkylation sites (N-methyl/N-ethyl adjacent to an activating group) is 1. The maximum Gasteiger partial charge on any atom is 0.224 e. The van der Waals surface area contributed by atoms with Crippen LogP contribution in [0.3, 0.4) is 0 Å². The highest BCUT2D eigenvalue weighted by Crippen LogP contribution is 2.30.